The molecule has 7 rings (SSSR count). The third-order valence-electron chi connectivity index (χ3n) is 8.06. The van der Waals surface area contributed by atoms with Crippen molar-refractivity contribution in [1.82, 2.24) is 19.4 Å². The molecule has 35 heavy (non-hydrogen) atoms. The molecule has 7 heteroatoms. The van der Waals surface area contributed by atoms with Crippen molar-refractivity contribution in [1.29, 1.82) is 0 Å². The molecule has 2 aromatic heterocycles. The van der Waals surface area contributed by atoms with E-state index in [0.29, 0.717) is 23.0 Å². The maximum atomic E-state index is 13.4. The van der Waals surface area contributed by atoms with Crippen molar-refractivity contribution >= 4 is 57.2 Å². The van der Waals surface area contributed by atoms with Crippen molar-refractivity contribution < 1.29 is 9.59 Å². The Hall–Kier alpha value is -3.35. The molecule has 2 atom stereocenters. The van der Waals surface area contributed by atoms with Crippen LogP contribution in [0.15, 0.2) is 54.7 Å². The molecule has 5 heterocycles. The number of nitrogens with zero attached hydrogens (tertiary/aromatic N) is 3. The largest absolute Gasteiger partial charge is 0.350 e. The molecular formula is C28H27ClN4O2. The third-order valence-corrected chi connectivity index (χ3v) is 8.06. The number of rotatable bonds is 2. The lowest BCUT2D eigenvalue weighted by Gasteiger charge is -2.28. The number of nitrogens with one attached hydrogen (secondary N) is 1. The van der Waals surface area contributed by atoms with Gasteiger partial charge in [-0.05, 0) is 37.4 Å². The van der Waals surface area contributed by atoms with E-state index in [-0.39, 0.29) is 24.2 Å². The van der Waals surface area contributed by atoms with Crippen molar-refractivity contribution in [2.24, 2.45) is 18.9 Å². The number of likely N-dealkylation sites (tertiary alicyclic amines) is 1. The van der Waals surface area contributed by atoms with Crippen LogP contribution in [-0.2, 0) is 29.6 Å². The van der Waals surface area contributed by atoms with Gasteiger partial charge in [0, 0.05) is 71.5 Å². The van der Waals surface area contributed by atoms with Crippen LogP contribution in [0.4, 0.5) is 0 Å². The van der Waals surface area contributed by atoms with E-state index in [0.717, 1.165) is 59.0 Å². The molecule has 2 aromatic carbocycles. The lowest BCUT2D eigenvalue weighted by atomic mass is 9.85. The van der Waals surface area contributed by atoms with Crippen LogP contribution >= 0.6 is 12.4 Å². The molecule has 3 aliphatic rings. The zero-order valence-electron chi connectivity index (χ0n) is 19.7. The Balaban J connectivity index is 0.00000229. The van der Waals surface area contributed by atoms with E-state index in [1.54, 1.807) is 0 Å². The maximum Gasteiger partial charge on any atom is 0.259 e. The van der Waals surface area contributed by atoms with Gasteiger partial charge in [0.1, 0.15) is 0 Å². The Morgan fingerprint density at radius 1 is 0.800 bits per heavy atom. The number of carbonyl (C=O) groups excluding carboxylic acids is 2. The molecule has 0 aliphatic carbocycles. The molecule has 0 unspecified atom stereocenters. The van der Waals surface area contributed by atoms with Gasteiger partial charge in [0.2, 0.25) is 0 Å². The zero-order chi connectivity index (χ0) is 23.1. The zero-order valence-corrected chi connectivity index (χ0v) is 20.6. The number of aromatic nitrogens is 2. The van der Waals surface area contributed by atoms with Crippen molar-refractivity contribution in [2.45, 2.75) is 13.0 Å². The van der Waals surface area contributed by atoms with E-state index in [2.05, 4.69) is 40.0 Å². The summed E-state index contributed by atoms with van der Waals surface area (Å²) in [6.07, 6.45) is 2.90. The van der Waals surface area contributed by atoms with Gasteiger partial charge in [-0.2, -0.15) is 0 Å². The number of aryl methyl sites for hydroxylation is 1. The molecule has 1 saturated heterocycles. The quantitative estimate of drug-likeness (QED) is 0.438. The van der Waals surface area contributed by atoms with Gasteiger partial charge in [-0.1, -0.05) is 36.4 Å². The highest BCUT2D eigenvalue weighted by Gasteiger charge is 2.41. The molecule has 0 saturated carbocycles. The minimum Gasteiger partial charge on any atom is -0.350 e. The first kappa shape index (κ1) is 22.1. The van der Waals surface area contributed by atoms with Gasteiger partial charge in [0.15, 0.2) is 0 Å². The summed E-state index contributed by atoms with van der Waals surface area (Å²) in [6.45, 7) is 3.14. The van der Waals surface area contributed by atoms with Crippen LogP contribution in [-0.4, -0.2) is 46.0 Å². The van der Waals surface area contributed by atoms with Gasteiger partial charge < -0.3 is 14.0 Å². The third kappa shape index (κ3) is 3.06. The molecule has 4 aromatic rings. The molecule has 1 fully saturated rings. The van der Waals surface area contributed by atoms with Gasteiger partial charge in [-0.15, -0.1) is 12.4 Å². The van der Waals surface area contributed by atoms with Crippen molar-refractivity contribution in [2.75, 3.05) is 20.1 Å². The van der Waals surface area contributed by atoms with Gasteiger partial charge in [-0.25, -0.2) is 0 Å². The summed E-state index contributed by atoms with van der Waals surface area (Å²) >= 11 is 0. The van der Waals surface area contributed by atoms with Crippen molar-refractivity contribution in [3.63, 3.8) is 0 Å². The van der Waals surface area contributed by atoms with Crippen LogP contribution in [0.5, 0.6) is 0 Å². The normalized spacial score (nSPS) is 22.0. The van der Waals surface area contributed by atoms with E-state index in [9.17, 15) is 9.59 Å². The highest BCUT2D eigenvalue weighted by Crippen LogP contribution is 2.44. The number of benzene rings is 2. The summed E-state index contributed by atoms with van der Waals surface area (Å²) in [5.41, 5.74) is 6.15. The molecule has 0 bridgehead atoms. The molecule has 0 spiro atoms. The highest BCUT2D eigenvalue weighted by atomic mass is 35.5. The van der Waals surface area contributed by atoms with E-state index < -0.39 is 0 Å². The number of hydrogen-bond donors (Lipinski definition) is 1. The van der Waals surface area contributed by atoms with E-state index in [1.165, 1.54) is 5.69 Å². The fourth-order valence-corrected chi connectivity index (χ4v) is 6.64. The van der Waals surface area contributed by atoms with Crippen molar-refractivity contribution in [3.8, 4) is 0 Å². The first-order chi connectivity index (χ1) is 16.5. The molecule has 2 amide bonds. The van der Waals surface area contributed by atoms with E-state index in [1.807, 2.05) is 48.1 Å². The van der Waals surface area contributed by atoms with Crippen LogP contribution in [0, 0.1) is 11.8 Å². The van der Waals surface area contributed by atoms with Gasteiger partial charge in [-0.3, -0.25) is 14.9 Å². The summed E-state index contributed by atoms with van der Waals surface area (Å²) < 4.78 is 4.44. The second kappa shape index (κ2) is 7.83. The summed E-state index contributed by atoms with van der Waals surface area (Å²) in [7, 11) is 4.17. The lowest BCUT2D eigenvalue weighted by molar-refractivity contribution is -0.122. The average Bonchev–Trinajstić information content (AvgIpc) is 3.53. The number of fused-ring (bicyclic) bond motifs is 5. The van der Waals surface area contributed by atoms with Crippen LogP contribution < -0.4 is 5.32 Å². The predicted molar refractivity (Wildman–Crippen MR) is 140 cm³/mol. The molecule has 3 aliphatic heterocycles. The summed E-state index contributed by atoms with van der Waals surface area (Å²) in [6, 6.07) is 16.4. The number of halogens is 1. The fourth-order valence-electron chi connectivity index (χ4n) is 6.64. The van der Waals surface area contributed by atoms with Gasteiger partial charge in [0.05, 0.1) is 11.1 Å². The molecule has 1 N–H and O–H groups in total. The van der Waals surface area contributed by atoms with Crippen LogP contribution in [0.3, 0.4) is 0 Å². The van der Waals surface area contributed by atoms with Gasteiger partial charge >= 0.3 is 0 Å². The maximum absolute atomic E-state index is 13.4. The predicted octanol–water partition coefficient (Wildman–Crippen LogP) is 3.86. The summed E-state index contributed by atoms with van der Waals surface area (Å²) in [5.74, 6) is 0.585. The molecule has 6 nitrogen and oxygen atoms in total. The second-order valence-electron chi connectivity index (χ2n) is 10.1. The monoisotopic (exact) mass is 486 g/mol. The number of carbonyl (C=O) groups is 2. The van der Waals surface area contributed by atoms with E-state index in [4.69, 9.17) is 0 Å². The molecule has 178 valence electrons. The van der Waals surface area contributed by atoms with Crippen molar-refractivity contribution in [3.05, 3.63) is 71.5 Å². The minimum absolute atomic E-state index is 0. The average molecular weight is 487 g/mol. The van der Waals surface area contributed by atoms with Gasteiger partial charge in [0.25, 0.3) is 11.8 Å². The number of para-hydroxylation sites is 2. The fraction of sp³-hybridized carbons (Fsp3) is 0.286. The second-order valence-corrected chi connectivity index (χ2v) is 10.1. The Morgan fingerprint density at radius 2 is 1.46 bits per heavy atom. The number of hydrogen-bond acceptors (Lipinski definition) is 3. The minimum atomic E-state index is -0.310. The standard InChI is InChI=1S/C28H26N4O2.ClH/c1-30-12-16-11-23-24(19-8-4-6-10-22(19)32(23)14-17(16)13-30)26-25(27(33)29-28(26)34)20-15-31(2)21-9-5-3-7-18(20)21;/h3-10,15-17H,11-14H2,1-2H3,(H,29,33,34);1H/t16-,17-;/m0./s1. The first-order valence-electron chi connectivity index (χ1n) is 11.9. The van der Waals surface area contributed by atoms with Crippen LogP contribution in [0.1, 0.15) is 16.8 Å². The highest BCUT2D eigenvalue weighted by molar-refractivity contribution is 6.51. The smallest absolute Gasteiger partial charge is 0.259 e. The number of imide groups is 1. The Labute approximate surface area is 209 Å². The van der Waals surface area contributed by atoms with E-state index >= 15 is 0 Å². The first-order valence-corrected chi connectivity index (χ1v) is 11.9. The molecule has 0 radical (unpaired) electrons. The Bertz CT molecular complexity index is 1580. The molecular weight excluding hydrogens is 460 g/mol. The van der Waals surface area contributed by atoms with Crippen LogP contribution in [0.2, 0.25) is 0 Å². The van der Waals surface area contributed by atoms with Crippen LogP contribution in [0.25, 0.3) is 33.0 Å². The lowest BCUT2D eigenvalue weighted by Crippen LogP contribution is -2.28. The summed E-state index contributed by atoms with van der Waals surface area (Å²) in [5, 5.41) is 4.67. The summed E-state index contributed by atoms with van der Waals surface area (Å²) in [4.78, 5) is 29.1. The Morgan fingerprint density at radius 3 is 2.26 bits per heavy atom. The number of amides is 2. The Kier molecular flexibility index (Phi) is 4.95. The SMILES string of the molecule is CN1C[C@@H]2Cc3c(C4=C(c5cn(C)c6ccccc56)C(=O)NC4=O)c4ccccc4n3C[C@@H]2C1.Cl. The topological polar surface area (TPSA) is 59.3 Å².